The van der Waals surface area contributed by atoms with Crippen LogP contribution in [-0.4, -0.2) is 24.3 Å². The van der Waals surface area contributed by atoms with E-state index in [2.05, 4.69) is 15.3 Å². The van der Waals surface area contributed by atoms with E-state index in [9.17, 15) is 13.2 Å². The quantitative estimate of drug-likeness (QED) is 0.879. The van der Waals surface area contributed by atoms with Crippen LogP contribution in [0.3, 0.4) is 0 Å². The lowest BCUT2D eigenvalue weighted by molar-refractivity contribution is -0.114. The first-order valence-corrected chi connectivity index (χ1v) is 7.55. The predicted octanol–water partition coefficient (Wildman–Crippen LogP) is 1.06. The molecule has 0 atom stereocenters. The molecule has 2 aromatic rings. The highest BCUT2D eigenvalue weighted by Crippen LogP contribution is 2.24. The van der Waals surface area contributed by atoms with Crippen molar-refractivity contribution in [2.24, 2.45) is 5.14 Å². The summed E-state index contributed by atoms with van der Waals surface area (Å²) in [5.41, 5.74) is 1.57. The van der Waals surface area contributed by atoms with Crippen molar-refractivity contribution in [1.82, 2.24) is 9.97 Å². The zero-order chi connectivity index (χ0) is 15.6. The molecule has 21 heavy (non-hydrogen) atoms. The number of amides is 1. The van der Waals surface area contributed by atoms with E-state index in [0.29, 0.717) is 22.6 Å². The molecule has 7 nitrogen and oxygen atoms in total. The summed E-state index contributed by atoms with van der Waals surface area (Å²) >= 11 is 0. The SMILES string of the molecule is CC(=O)Nc1cc(-c2cnc(C)c(S(N)(=O)=O)c2)ccn1. The summed E-state index contributed by atoms with van der Waals surface area (Å²) in [6.45, 7) is 2.94. The van der Waals surface area contributed by atoms with E-state index in [1.54, 1.807) is 19.1 Å². The van der Waals surface area contributed by atoms with Crippen LogP contribution in [-0.2, 0) is 14.8 Å². The normalized spacial score (nSPS) is 11.2. The number of aromatic nitrogens is 2. The maximum absolute atomic E-state index is 11.5. The van der Waals surface area contributed by atoms with Crippen molar-refractivity contribution in [2.45, 2.75) is 18.7 Å². The topological polar surface area (TPSA) is 115 Å². The Bertz CT molecular complexity index is 803. The van der Waals surface area contributed by atoms with Gasteiger partial charge in [0.15, 0.2) is 0 Å². The number of aryl methyl sites for hydroxylation is 1. The van der Waals surface area contributed by atoms with Crippen LogP contribution in [0, 0.1) is 6.92 Å². The Hall–Kier alpha value is -2.32. The summed E-state index contributed by atoms with van der Waals surface area (Å²) in [5.74, 6) is 0.129. The zero-order valence-electron chi connectivity index (χ0n) is 11.5. The van der Waals surface area contributed by atoms with Crippen LogP contribution in [0.4, 0.5) is 5.82 Å². The molecule has 2 rings (SSSR count). The van der Waals surface area contributed by atoms with Gasteiger partial charge in [0.25, 0.3) is 0 Å². The number of anilines is 1. The number of primary sulfonamides is 1. The Morgan fingerprint density at radius 1 is 1.24 bits per heavy atom. The third kappa shape index (κ3) is 3.61. The van der Waals surface area contributed by atoms with Gasteiger partial charge >= 0.3 is 0 Å². The van der Waals surface area contributed by atoms with Gasteiger partial charge in [-0.1, -0.05) is 0 Å². The highest BCUT2D eigenvalue weighted by atomic mass is 32.2. The van der Waals surface area contributed by atoms with Crippen molar-refractivity contribution in [3.05, 3.63) is 36.3 Å². The molecule has 0 aliphatic rings. The molecule has 0 fully saturated rings. The van der Waals surface area contributed by atoms with Crippen molar-refractivity contribution in [1.29, 1.82) is 0 Å². The molecule has 110 valence electrons. The number of nitrogens with two attached hydrogens (primary N) is 1. The lowest BCUT2D eigenvalue weighted by atomic mass is 10.1. The molecule has 0 saturated carbocycles. The minimum absolute atomic E-state index is 0.0297. The molecule has 3 N–H and O–H groups in total. The van der Waals surface area contributed by atoms with E-state index in [-0.39, 0.29) is 10.8 Å². The Labute approximate surface area is 122 Å². The molecular formula is C13H14N4O3S. The molecule has 0 spiro atoms. The summed E-state index contributed by atoms with van der Waals surface area (Å²) in [7, 11) is -3.84. The summed E-state index contributed by atoms with van der Waals surface area (Å²) < 4.78 is 23.0. The van der Waals surface area contributed by atoms with E-state index < -0.39 is 10.0 Å². The minimum atomic E-state index is -3.84. The molecule has 0 aliphatic carbocycles. The smallest absolute Gasteiger partial charge is 0.239 e. The second-order valence-corrected chi connectivity index (χ2v) is 5.99. The highest BCUT2D eigenvalue weighted by molar-refractivity contribution is 7.89. The van der Waals surface area contributed by atoms with Gasteiger partial charge in [-0.2, -0.15) is 0 Å². The van der Waals surface area contributed by atoms with Crippen molar-refractivity contribution < 1.29 is 13.2 Å². The van der Waals surface area contributed by atoms with Crippen LogP contribution >= 0.6 is 0 Å². The first-order chi connectivity index (χ1) is 9.77. The molecule has 0 bridgehead atoms. The highest BCUT2D eigenvalue weighted by Gasteiger charge is 2.14. The van der Waals surface area contributed by atoms with Crippen molar-refractivity contribution >= 4 is 21.7 Å². The van der Waals surface area contributed by atoms with Gasteiger partial charge in [0.1, 0.15) is 10.7 Å². The Morgan fingerprint density at radius 3 is 2.57 bits per heavy atom. The van der Waals surface area contributed by atoms with Crippen LogP contribution < -0.4 is 10.5 Å². The second kappa shape index (κ2) is 5.58. The fraction of sp³-hybridized carbons (Fsp3) is 0.154. The Balaban J connectivity index is 2.50. The van der Waals surface area contributed by atoms with Crippen LogP contribution in [0.2, 0.25) is 0 Å². The maximum atomic E-state index is 11.5. The maximum Gasteiger partial charge on any atom is 0.239 e. The van der Waals surface area contributed by atoms with Gasteiger partial charge in [-0.05, 0) is 30.7 Å². The van der Waals surface area contributed by atoms with Gasteiger partial charge in [-0.25, -0.2) is 18.5 Å². The molecule has 2 heterocycles. The first-order valence-electron chi connectivity index (χ1n) is 6.01. The van der Waals surface area contributed by atoms with Gasteiger partial charge in [0, 0.05) is 24.9 Å². The molecule has 1 amide bonds. The standard InChI is InChI=1S/C13H14N4O3S/c1-8-12(21(14,19)20)5-11(7-16-8)10-3-4-15-13(6-10)17-9(2)18/h3-7H,1-2H3,(H2,14,19,20)(H,15,17,18). The zero-order valence-corrected chi connectivity index (χ0v) is 12.3. The third-order valence-electron chi connectivity index (χ3n) is 2.74. The number of hydrogen-bond acceptors (Lipinski definition) is 5. The number of hydrogen-bond donors (Lipinski definition) is 2. The number of carbonyl (C=O) groups excluding carboxylic acids is 1. The van der Waals surface area contributed by atoms with Crippen LogP contribution in [0.5, 0.6) is 0 Å². The molecule has 8 heteroatoms. The molecule has 0 aromatic carbocycles. The number of pyridine rings is 2. The number of sulfonamides is 1. The molecule has 0 saturated heterocycles. The van der Waals surface area contributed by atoms with Gasteiger partial charge in [-0.3, -0.25) is 9.78 Å². The summed E-state index contributed by atoms with van der Waals surface area (Å²) in [5, 5.41) is 7.72. The van der Waals surface area contributed by atoms with E-state index in [4.69, 9.17) is 5.14 Å². The van der Waals surface area contributed by atoms with E-state index in [0.717, 1.165) is 0 Å². The fourth-order valence-electron chi connectivity index (χ4n) is 1.82. The predicted molar refractivity (Wildman–Crippen MR) is 77.9 cm³/mol. The molecular weight excluding hydrogens is 292 g/mol. The van der Waals surface area contributed by atoms with Gasteiger partial charge in [0.2, 0.25) is 15.9 Å². The summed E-state index contributed by atoms with van der Waals surface area (Å²) in [6.07, 6.45) is 3.05. The van der Waals surface area contributed by atoms with Gasteiger partial charge in [0.05, 0.1) is 5.69 Å². The Morgan fingerprint density at radius 2 is 1.95 bits per heavy atom. The lowest BCUT2D eigenvalue weighted by Gasteiger charge is -2.08. The summed E-state index contributed by atoms with van der Waals surface area (Å²) in [6, 6.07) is 4.76. The first kappa shape index (κ1) is 15.1. The van der Waals surface area contributed by atoms with Gasteiger partial charge in [-0.15, -0.1) is 0 Å². The van der Waals surface area contributed by atoms with Crippen LogP contribution in [0.15, 0.2) is 35.5 Å². The number of nitrogens with zero attached hydrogens (tertiary/aromatic N) is 2. The van der Waals surface area contributed by atoms with Crippen molar-refractivity contribution in [3.63, 3.8) is 0 Å². The van der Waals surface area contributed by atoms with Crippen molar-refractivity contribution in [2.75, 3.05) is 5.32 Å². The van der Waals surface area contributed by atoms with E-state index in [1.807, 2.05) is 0 Å². The third-order valence-corrected chi connectivity index (χ3v) is 3.77. The second-order valence-electron chi connectivity index (χ2n) is 4.46. The van der Waals surface area contributed by atoms with Gasteiger partial charge < -0.3 is 5.32 Å². The van der Waals surface area contributed by atoms with Crippen LogP contribution in [0.1, 0.15) is 12.6 Å². The average Bonchev–Trinajstić information content (AvgIpc) is 2.37. The monoisotopic (exact) mass is 306 g/mol. The molecule has 0 unspecified atom stereocenters. The van der Waals surface area contributed by atoms with E-state index in [1.165, 1.54) is 25.4 Å². The lowest BCUT2D eigenvalue weighted by Crippen LogP contribution is -2.14. The molecule has 0 radical (unpaired) electrons. The largest absolute Gasteiger partial charge is 0.311 e. The number of nitrogens with one attached hydrogen (secondary N) is 1. The van der Waals surface area contributed by atoms with E-state index >= 15 is 0 Å². The van der Waals surface area contributed by atoms with Crippen LogP contribution in [0.25, 0.3) is 11.1 Å². The number of rotatable bonds is 3. The van der Waals surface area contributed by atoms with Crippen molar-refractivity contribution in [3.8, 4) is 11.1 Å². The fourth-order valence-corrected chi connectivity index (χ4v) is 2.57. The Kier molecular flexibility index (Phi) is 4.01. The number of carbonyl (C=O) groups is 1. The summed E-state index contributed by atoms with van der Waals surface area (Å²) in [4.78, 5) is 19.0. The molecule has 2 aromatic heterocycles. The minimum Gasteiger partial charge on any atom is -0.311 e. The average molecular weight is 306 g/mol. The molecule has 0 aliphatic heterocycles.